The van der Waals surface area contributed by atoms with E-state index >= 15 is 0 Å². The predicted octanol–water partition coefficient (Wildman–Crippen LogP) is 1.73. The maximum atomic E-state index is 3.91. The van der Waals surface area contributed by atoms with E-state index in [4.69, 9.17) is 0 Å². The van der Waals surface area contributed by atoms with Gasteiger partial charge in [0.15, 0.2) is 0 Å². The molecule has 1 unspecified atom stereocenters. The van der Waals surface area contributed by atoms with Gasteiger partial charge in [-0.15, -0.1) is 5.10 Å². The van der Waals surface area contributed by atoms with Crippen molar-refractivity contribution in [1.29, 1.82) is 0 Å². The van der Waals surface area contributed by atoms with Crippen LogP contribution in [0.15, 0.2) is 6.20 Å². The lowest BCUT2D eigenvalue weighted by Gasteiger charge is -2.22. The lowest BCUT2D eigenvalue weighted by atomic mass is 9.95. The molecule has 4 heteroatoms. The van der Waals surface area contributed by atoms with Gasteiger partial charge in [-0.05, 0) is 12.8 Å². The number of nitrogens with zero attached hydrogens (tertiary/aromatic N) is 3. The number of hydrogen-bond acceptors (Lipinski definition) is 3. The zero-order valence-electron chi connectivity index (χ0n) is 10.2. The Morgan fingerprint density at radius 2 is 2.07 bits per heavy atom. The highest BCUT2D eigenvalue weighted by Crippen LogP contribution is 2.12. The average molecular weight is 210 g/mol. The minimum atomic E-state index is 0.551. The van der Waals surface area contributed by atoms with Crippen LogP contribution >= 0.6 is 0 Å². The number of hydrogen-bond donors (Lipinski definition) is 1. The van der Waals surface area contributed by atoms with Gasteiger partial charge in [0.1, 0.15) is 0 Å². The molecule has 4 nitrogen and oxygen atoms in total. The molecule has 0 aliphatic carbocycles. The Hall–Kier alpha value is -0.900. The molecule has 0 aliphatic heterocycles. The molecule has 0 fully saturated rings. The Balaban J connectivity index is 2.40. The second-order valence-electron chi connectivity index (χ2n) is 4.10. The van der Waals surface area contributed by atoms with Crippen molar-refractivity contribution in [3.8, 4) is 0 Å². The van der Waals surface area contributed by atoms with Gasteiger partial charge in [0.05, 0.1) is 11.9 Å². The topological polar surface area (TPSA) is 42.7 Å². The van der Waals surface area contributed by atoms with Crippen LogP contribution < -0.4 is 5.32 Å². The van der Waals surface area contributed by atoms with Crippen molar-refractivity contribution < 1.29 is 0 Å². The van der Waals surface area contributed by atoms with Crippen molar-refractivity contribution in [3.63, 3.8) is 0 Å². The van der Waals surface area contributed by atoms with Gasteiger partial charge < -0.3 is 5.32 Å². The van der Waals surface area contributed by atoms with Crippen LogP contribution in [0.1, 0.15) is 39.3 Å². The maximum Gasteiger partial charge on any atom is 0.0738 e. The Labute approximate surface area is 92.1 Å². The van der Waals surface area contributed by atoms with E-state index in [0.29, 0.717) is 6.04 Å². The van der Waals surface area contributed by atoms with Crippen LogP contribution in [0.2, 0.25) is 0 Å². The normalized spacial score (nSPS) is 13.4. The first-order valence-corrected chi connectivity index (χ1v) is 5.75. The van der Waals surface area contributed by atoms with Gasteiger partial charge in [0.2, 0.25) is 0 Å². The van der Waals surface area contributed by atoms with Crippen LogP contribution in [0.3, 0.4) is 0 Å². The molecule has 0 saturated carbocycles. The summed E-state index contributed by atoms with van der Waals surface area (Å²) >= 11 is 0. The molecule has 0 radical (unpaired) electrons. The van der Waals surface area contributed by atoms with Gasteiger partial charge in [-0.2, -0.15) is 0 Å². The van der Waals surface area contributed by atoms with Crippen LogP contribution in [-0.4, -0.2) is 21.0 Å². The lowest BCUT2D eigenvalue weighted by molar-refractivity contribution is 0.350. The van der Waals surface area contributed by atoms with Crippen molar-refractivity contribution in [2.45, 2.75) is 46.2 Å². The fraction of sp³-hybridized carbons (Fsp3) is 0.818. The molecule has 86 valence electrons. The van der Waals surface area contributed by atoms with Crippen molar-refractivity contribution in [3.05, 3.63) is 11.9 Å². The molecule has 0 bridgehead atoms. The van der Waals surface area contributed by atoms with E-state index in [1.165, 1.54) is 12.8 Å². The third-order valence-corrected chi connectivity index (χ3v) is 3.17. The minimum Gasteiger partial charge on any atom is -0.308 e. The Morgan fingerprint density at radius 3 is 2.53 bits per heavy atom. The first-order valence-electron chi connectivity index (χ1n) is 5.75. The summed E-state index contributed by atoms with van der Waals surface area (Å²) in [6.07, 6.45) is 4.27. The van der Waals surface area contributed by atoms with Gasteiger partial charge in [-0.1, -0.05) is 31.9 Å². The summed E-state index contributed by atoms with van der Waals surface area (Å²) in [4.78, 5) is 0. The van der Waals surface area contributed by atoms with Crippen LogP contribution in [0.25, 0.3) is 0 Å². The highest BCUT2D eigenvalue weighted by molar-refractivity contribution is 4.92. The van der Waals surface area contributed by atoms with Gasteiger partial charge >= 0.3 is 0 Å². The number of aromatic nitrogens is 3. The summed E-state index contributed by atoms with van der Waals surface area (Å²) in [5.41, 5.74) is 1.13. The molecule has 1 heterocycles. The van der Waals surface area contributed by atoms with E-state index in [1.807, 2.05) is 17.9 Å². The Morgan fingerprint density at radius 1 is 1.40 bits per heavy atom. The summed E-state index contributed by atoms with van der Waals surface area (Å²) < 4.78 is 1.81. The zero-order chi connectivity index (χ0) is 11.3. The quantitative estimate of drug-likeness (QED) is 0.777. The molecule has 1 aromatic rings. The predicted molar refractivity (Wildman–Crippen MR) is 61.4 cm³/mol. The molecule has 1 N–H and O–H groups in total. The Bertz CT molecular complexity index is 278. The fourth-order valence-corrected chi connectivity index (χ4v) is 1.90. The summed E-state index contributed by atoms with van der Waals surface area (Å²) in [6, 6.07) is 0.551. The second kappa shape index (κ2) is 5.85. The van der Waals surface area contributed by atoms with Crippen molar-refractivity contribution in [2.24, 2.45) is 13.0 Å². The summed E-state index contributed by atoms with van der Waals surface area (Å²) in [7, 11) is 1.92. The van der Waals surface area contributed by atoms with Crippen LogP contribution in [-0.2, 0) is 13.6 Å². The van der Waals surface area contributed by atoms with Crippen LogP contribution in [0.5, 0.6) is 0 Å². The smallest absolute Gasteiger partial charge is 0.0738 e. The summed E-state index contributed by atoms with van der Waals surface area (Å²) in [5, 5.41) is 11.3. The maximum absolute atomic E-state index is 3.91. The van der Waals surface area contributed by atoms with Gasteiger partial charge in [-0.3, -0.25) is 4.68 Å². The molecule has 1 atom stereocenters. The summed E-state index contributed by atoms with van der Waals surface area (Å²) in [6.45, 7) is 7.60. The highest BCUT2D eigenvalue weighted by Gasteiger charge is 2.13. The van der Waals surface area contributed by atoms with Gasteiger partial charge in [0.25, 0.3) is 0 Å². The molecule has 0 amide bonds. The Kier molecular flexibility index (Phi) is 4.75. The monoisotopic (exact) mass is 210 g/mol. The first-order chi connectivity index (χ1) is 7.19. The molecule has 1 aromatic heterocycles. The number of aryl methyl sites for hydroxylation is 1. The number of rotatable bonds is 6. The summed E-state index contributed by atoms with van der Waals surface area (Å²) in [5.74, 6) is 0.756. The third-order valence-electron chi connectivity index (χ3n) is 3.17. The molecular weight excluding hydrogens is 188 g/mol. The van der Waals surface area contributed by atoms with E-state index in [2.05, 4.69) is 36.4 Å². The fourth-order valence-electron chi connectivity index (χ4n) is 1.90. The van der Waals surface area contributed by atoms with E-state index in [9.17, 15) is 0 Å². The lowest BCUT2D eigenvalue weighted by Crippen LogP contribution is -2.33. The molecule has 0 aromatic carbocycles. The molecule has 0 aliphatic rings. The second-order valence-corrected chi connectivity index (χ2v) is 4.10. The molecule has 0 spiro atoms. The van der Waals surface area contributed by atoms with E-state index in [-0.39, 0.29) is 0 Å². The number of nitrogens with one attached hydrogen (secondary N) is 1. The standard InChI is InChI=1S/C11H22N4/c1-5-10(6-2)9(3)12-7-11-8-13-14-15(11)4/h8-10,12H,5-7H2,1-4H3. The first kappa shape index (κ1) is 12.2. The minimum absolute atomic E-state index is 0.551. The third kappa shape index (κ3) is 3.30. The molecule has 0 saturated heterocycles. The zero-order valence-corrected chi connectivity index (χ0v) is 10.2. The van der Waals surface area contributed by atoms with Crippen LogP contribution in [0, 0.1) is 5.92 Å². The largest absolute Gasteiger partial charge is 0.308 e. The van der Waals surface area contributed by atoms with E-state index in [1.54, 1.807) is 0 Å². The SMILES string of the molecule is CCC(CC)C(C)NCc1cnnn1C. The van der Waals surface area contributed by atoms with E-state index in [0.717, 1.165) is 18.2 Å². The molecule has 15 heavy (non-hydrogen) atoms. The van der Waals surface area contributed by atoms with Crippen molar-refractivity contribution in [1.82, 2.24) is 20.3 Å². The molecule has 1 rings (SSSR count). The van der Waals surface area contributed by atoms with Gasteiger partial charge in [0, 0.05) is 19.6 Å². The molecular formula is C11H22N4. The average Bonchev–Trinajstić information content (AvgIpc) is 2.63. The van der Waals surface area contributed by atoms with E-state index < -0.39 is 0 Å². The van der Waals surface area contributed by atoms with Crippen LogP contribution in [0.4, 0.5) is 0 Å². The van der Waals surface area contributed by atoms with Gasteiger partial charge in [-0.25, -0.2) is 0 Å². The highest BCUT2D eigenvalue weighted by atomic mass is 15.4. The van der Waals surface area contributed by atoms with Crippen molar-refractivity contribution >= 4 is 0 Å². The van der Waals surface area contributed by atoms with Crippen molar-refractivity contribution in [2.75, 3.05) is 0 Å².